The van der Waals surface area contributed by atoms with Crippen molar-refractivity contribution in [3.05, 3.63) is 46.6 Å². The zero-order valence-electron chi connectivity index (χ0n) is 15.1. The number of hydrogen-bond donors (Lipinski definition) is 1. The molecule has 2 aromatic heterocycles. The molecule has 8 heteroatoms. The zero-order valence-corrected chi connectivity index (χ0v) is 15.9. The fourth-order valence-electron chi connectivity index (χ4n) is 2.78. The van der Waals surface area contributed by atoms with Crippen LogP contribution in [0.25, 0.3) is 10.2 Å². The van der Waals surface area contributed by atoms with Gasteiger partial charge in [0.05, 0.1) is 5.39 Å². The van der Waals surface area contributed by atoms with E-state index in [2.05, 4.69) is 26.1 Å². The highest BCUT2D eigenvalue weighted by molar-refractivity contribution is 7.18. The number of alkyl halides is 3. The Hall–Kier alpha value is -2.35. The molecule has 0 fully saturated rings. The first-order valence-electron chi connectivity index (χ1n) is 8.69. The molecule has 27 heavy (non-hydrogen) atoms. The van der Waals surface area contributed by atoms with Gasteiger partial charge in [0.15, 0.2) is 0 Å². The Balaban J connectivity index is 1.61. The second kappa shape index (κ2) is 8.12. The third-order valence-electron chi connectivity index (χ3n) is 3.95. The van der Waals surface area contributed by atoms with Gasteiger partial charge in [0.25, 0.3) is 0 Å². The van der Waals surface area contributed by atoms with Crippen molar-refractivity contribution >= 4 is 27.4 Å². The van der Waals surface area contributed by atoms with E-state index in [4.69, 9.17) is 0 Å². The van der Waals surface area contributed by atoms with Crippen LogP contribution in [0.1, 0.15) is 29.6 Å². The number of halogens is 3. The molecule has 0 bridgehead atoms. The van der Waals surface area contributed by atoms with Gasteiger partial charge in [-0.15, -0.1) is 24.5 Å². The summed E-state index contributed by atoms with van der Waals surface area (Å²) in [6.07, 6.45) is -2.52. The number of hydrogen-bond acceptors (Lipinski definition) is 5. The van der Waals surface area contributed by atoms with E-state index in [0.29, 0.717) is 13.0 Å². The van der Waals surface area contributed by atoms with Crippen molar-refractivity contribution in [1.82, 2.24) is 9.97 Å². The second-order valence-electron chi connectivity index (χ2n) is 6.14. The van der Waals surface area contributed by atoms with Gasteiger partial charge in [0.2, 0.25) is 0 Å². The number of aromatic nitrogens is 2. The van der Waals surface area contributed by atoms with Crippen LogP contribution in [0.2, 0.25) is 0 Å². The van der Waals surface area contributed by atoms with Gasteiger partial charge in [-0.05, 0) is 43.5 Å². The summed E-state index contributed by atoms with van der Waals surface area (Å²) in [5.74, 6) is 1.42. The lowest BCUT2D eigenvalue weighted by molar-refractivity contribution is -0.274. The topological polar surface area (TPSA) is 47.0 Å². The molecular weight excluding hydrogens is 375 g/mol. The summed E-state index contributed by atoms with van der Waals surface area (Å²) in [7, 11) is 0. The molecule has 4 nitrogen and oxygen atoms in total. The first-order chi connectivity index (χ1) is 12.8. The van der Waals surface area contributed by atoms with Crippen molar-refractivity contribution in [2.24, 2.45) is 0 Å². The summed E-state index contributed by atoms with van der Waals surface area (Å²) >= 11 is 1.64. The smallest absolute Gasteiger partial charge is 0.406 e. The van der Waals surface area contributed by atoms with Gasteiger partial charge in [-0.3, -0.25) is 0 Å². The number of ether oxygens (including phenoxy) is 1. The first kappa shape index (κ1) is 19.4. The molecule has 2 heterocycles. The number of nitrogens with one attached hydrogen (secondary N) is 1. The molecule has 1 aromatic carbocycles. The maximum absolute atomic E-state index is 12.3. The van der Waals surface area contributed by atoms with E-state index < -0.39 is 6.36 Å². The minimum Gasteiger partial charge on any atom is -0.406 e. The molecule has 144 valence electrons. The van der Waals surface area contributed by atoms with Crippen molar-refractivity contribution in [1.29, 1.82) is 0 Å². The van der Waals surface area contributed by atoms with Gasteiger partial charge < -0.3 is 10.1 Å². The maximum atomic E-state index is 12.3. The molecule has 0 saturated heterocycles. The minimum absolute atomic E-state index is 0.188. The summed E-state index contributed by atoms with van der Waals surface area (Å²) in [5, 5.41) is 4.35. The van der Waals surface area contributed by atoms with Crippen molar-refractivity contribution in [3.8, 4) is 5.75 Å². The molecule has 3 rings (SSSR count). The summed E-state index contributed by atoms with van der Waals surface area (Å²) < 4.78 is 40.9. The lowest BCUT2D eigenvalue weighted by atomic mass is 10.1. The van der Waals surface area contributed by atoms with E-state index in [-0.39, 0.29) is 5.75 Å². The van der Waals surface area contributed by atoms with Crippen molar-refractivity contribution < 1.29 is 17.9 Å². The SMILES string of the molecule is CCc1nc(NCCCc2cccc(OC(F)(F)F)c2)c2cc(C)sc2n1. The third kappa shape index (κ3) is 5.32. The Labute approximate surface area is 159 Å². The van der Waals surface area contributed by atoms with E-state index in [0.717, 1.165) is 40.3 Å². The molecule has 0 radical (unpaired) electrons. The van der Waals surface area contributed by atoms with Crippen LogP contribution in [-0.2, 0) is 12.8 Å². The second-order valence-corrected chi connectivity index (χ2v) is 7.38. The summed E-state index contributed by atoms with van der Waals surface area (Å²) in [4.78, 5) is 11.3. The van der Waals surface area contributed by atoms with Gasteiger partial charge in [-0.2, -0.15) is 0 Å². The molecule has 0 amide bonds. The number of rotatable bonds is 7. The molecule has 1 N–H and O–H groups in total. The van der Waals surface area contributed by atoms with Crippen LogP contribution in [-0.4, -0.2) is 22.9 Å². The van der Waals surface area contributed by atoms with Crippen LogP contribution in [0.3, 0.4) is 0 Å². The molecule has 0 atom stereocenters. The molecule has 0 aliphatic rings. The Kier molecular flexibility index (Phi) is 5.84. The highest BCUT2D eigenvalue weighted by Crippen LogP contribution is 2.29. The number of benzene rings is 1. The molecule has 0 spiro atoms. The van der Waals surface area contributed by atoms with E-state index >= 15 is 0 Å². The maximum Gasteiger partial charge on any atom is 0.573 e. The fraction of sp³-hybridized carbons (Fsp3) is 0.368. The van der Waals surface area contributed by atoms with Crippen LogP contribution in [0, 0.1) is 6.92 Å². The van der Waals surface area contributed by atoms with E-state index in [1.54, 1.807) is 23.5 Å². The number of thiophene rings is 1. The van der Waals surface area contributed by atoms with Gasteiger partial charge >= 0.3 is 6.36 Å². The number of nitrogens with zero attached hydrogens (tertiary/aromatic N) is 2. The van der Waals surface area contributed by atoms with Crippen molar-refractivity contribution in [3.63, 3.8) is 0 Å². The highest BCUT2D eigenvalue weighted by Gasteiger charge is 2.31. The number of aryl methyl sites for hydroxylation is 3. The van der Waals surface area contributed by atoms with Gasteiger partial charge in [-0.25, -0.2) is 9.97 Å². The summed E-state index contributed by atoms with van der Waals surface area (Å²) in [5.41, 5.74) is 0.798. The Bertz CT molecular complexity index is 924. The van der Waals surface area contributed by atoms with Gasteiger partial charge in [-0.1, -0.05) is 19.1 Å². The quantitative estimate of drug-likeness (QED) is 0.536. The monoisotopic (exact) mass is 395 g/mol. The number of fused-ring (bicyclic) bond motifs is 1. The first-order valence-corrected chi connectivity index (χ1v) is 9.51. The van der Waals surface area contributed by atoms with Crippen molar-refractivity contribution in [2.45, 2.75) is 39.5 Å². The Morgan fingerprint density at radius 2 is 2.00 bits per heavy atom. The van der Waals surface area contributed by atoms with Crippen LogP contribution in [0.15, 0.2) is 30.3 Å². The molecule has 0 saturated carbocycles. The van der Waals surface area contributed by atoms with Crippen LogP contribution >= 0.6 is 11.3 Å². The highest BCUT2D eigenvalue weighted by atomic mass is 32.1. The molecule has 3 aromatic rings. The molecule has 0 unspecified atom stereocenters. The van der Waals surface area contributed by atoms with Gasteiger partial charge in [0, 0.05) is 17.8 Å². The fourth-order valence-corrected chi connectivity index (χ4v) is 3.67. The van der Waals surface area contributed by atoms with Gasteiger partial charge in [0.1, 0.15) is 22.2 Å². The zero-order chi connectivity index (χ0) is 19.4. The van der Waals surface area contributed by atoms with E-state index in [1.807, 2.05) is 13.8 Å². The average Bonchev–Trinajstić information content (AvgIpc) is 2.97. The van der Waals surface area contributed by atoms with E-state index in [9.17, 15) is 13.2 Å². The lowest BCUT2D eigenvalue weighted by Crippen LogP contribution is -2.17. The summed E-state index contributed by atoms with van der Waals surface area (Å²) in [6, 6.07) is 8.16. The average molecular weight is 395 g/mol. The molecule has 0 aliphatic carbocycles. The normalized spacial score (nSPS) is 11.7. The predicted octanol–water partition coefficient (Wildman–Crippen LogP) is 5.51. The van der Waals surface area contributed by atoms with Crippen LogP contribution in [0.4, 0.5) is 19.0 Å². The predicted molar refractivity (Wildman–Crippen MR) is 101 cm³/mol. The summed E-state index contributed by atoms with van der Waals surface area (Å²) in [6.45, 7) is 4.72. The molecule has 0 aliphatic heterocycles. The number of anilines is 1. The standard InChI is InChI=1S/C19H20F3N3OS/c1-3-16-24-17(15-10-12(2)27-18(15)25-16)23-9-5-7-13-6-4-8-14(11-13)26-19(20,21)22/h4,6,8,10-11H,3,5,7,9H2,1-2H3,(H,23,24,25). The van der Waals surface area contributed by atoms with Crippen molar-refractivity contribution in [2.75, 3.05) is 11.9 Å². The molecular formula is C19H20F3N3OS. The lowest BCUT2D eigenvalue weighted by Gasteiger charge is -2.11. The van der Waals surface area contributed by atoms with E-state index in [1.165, 1.54) is 17.0 Å². The Morgan fingerprint density at radius 3 is 2.74 bits per heavy atom. The Morgan fingerprint density at radius 1 is 1.19 bits per heavy atom. The van der Waals surface area contributed by atoms with Crippen LogP contribution in [0.5, 0.6) is 5.75 Å². The third-order valence-corrected chi connectivity index (χ3v) is 4.89. The largest absolute Gasteiger partial charge is 0.573 e. The van der Waals surface area contributed by atoms with Crippen LogP contribution < -0.4 is 10.1 Å². The minimum atomic E-state index is -4.67.